The molecule has 0 aliphatic heterocycles. The number of fused-ring (bicyclic) bond motifs is 17. The molecule has 2 heterocycles. The molecule has 0 saturated carbocycles. The third kappa shape index (κ3) is 2.56. The van der Waals surface area contributed by atoms with Crippen LogP contribution < -0.4 is 0 Å². The second-order valence-electron chi connectivity index (χ2n) is 11.1. The Morgan fingerprint density at radius 3 is 2.02 bits per heavy atom. The van der Waals surface area contributed by atoms with Gasteiger partial charge in [-0.1, -0.05) is 98.6 Å². The minimum absolute atomic E-state index is 0.490. The summed E-state index contributed by atoms with van der Waals surface area (Å²) in [6.45, 7) is 0. The second-order valence-corrected chi connectivity index (χ2v) is 12.8. The molecule has 0 bridgehead atoms. The van der Waals surface area contributed by atoms with Crippen LogP contribution in [-0.4, -0.2) is 0 Å². The van der Waals surface area contributed by atoms with Gasteiger partial charge < -0.3 is 8.83 Å². The fourth-order valence-corrected chi connectivity index (χ4v) is 8.94. The third-order valence-electron chi connectivity index (χ3n) is 9.27. The zero-order valence-corrected chi connectivity index (χ0v) is 24.6. The molecular formula is C37H18Br2O2. The smallest absolute Gasteiger partial charge is 0.144 e. The maximum atomic E-state index is 6.80. The first-order valence-electron chi connectivity index (χ1n) is 13.6. The van der Waals surface area contributed by atoms with Crippen molar-refractivity contribution in [2.45, 2.75) is 5.41 Å². The molecule has 10 rings (SSSR count). The van der Waals surface area contributed by atoms with Gasteiger partial charge in [0.05, 0.1) is 11.7 Å². The Hall–Kier alpha value is -4.12. The number of halogens is 2. The van der Waals surface area contributed by atoms with Gasteiger partial charge in [-0.25, -0.2) is 0 Å². The number of rotatable bonds is 0. The molecule has 2 aromatic heterocycles. The molecule has 2 aliphatic carbocycles. The zero-order chi connectivity index (χ0) is 27.0. The summed E-state index contributed by atoms with van der Waals surface area (Å²) >= 11 is 8.01. The van der Waals surface area contributed by atoms with Crippen LogP contribution >= 0.6 is 31.9 Å². The van der Waals surface area contributed by atoms with Crippen molar-refractivity contribution in [3.8, 4) is 22.3 Å². The fraction of sp³-hybridized carbons (Fsp3) is 0.0270. The van der Waals surface area contributed by atoms with Crippen LogP contribution in [0.25, 0.3) is 65.9 Å². The molecule has 1 spiro atoms. The Kier molecular flexibility index (Phi) is 4.17. The van der Waals surface area contributed by atoms with Crippen molar-refractivity contribution < 1.29 is 8.83 Å². The summed E-state index contributed by atoms with van der Waals surface area (Å²) in [5, 5.41) is 5.63. The van der Waals surface area contributed by atoms with Gasteiger partial charge in [0, 0.05) is 36.1 Å². The van der Waals surface area contributed by atoms with E-state index < -0.39 is 5.41 Å². The van der Waals surface area contributed by atoms with Crippen molar-refractivity contribution in [1.82, 2.24) is 0 Å². The molecule has 0 amide bonds. The van der Waals surface area contributed by atoms with Crippen LogP contribution in [0, 0.1) is 0 Å². The van der Waals surface area contributed by atoms with Crippen molar-refractivity contribution in [3.63, 3.8) is 0 Å². The molecule has 0 fully saturated rings. The normalized spacial score (nSPS) is 14.3. The third-order valence-corrected chi connectivity index (χ3v) is 10.6. The van der Waals surface area contributed by atoms with Gasteiger partial charge in [-0.15, -0.1) is 0 Å². The minimum Gasteiger partial charge on any atom is -0.464 e. The molecule has 192 valence electrons. The van der Waals surface area contributed by atoms with Crippen molar-refractivity contribution in [2.75, 3.05) is 0 Å². The quantitative estimate of drug-likeness (QED) is 0.163. The van der Waals surface area contributed by atoms with E-state index in [1.165, 1.54) is 49.9 Å². The Bertz CT molecular complexity index is 2400. The van der Waals surface area contributed by atoms with Crippen LogP contribution in [0.15, 0.2) is 127 Å². The standard InChI is InChI=1S/C37H18Br2O2/c38-29-17-27-33(24-15-19-13-14-40-32(19)16-23(24)29)35-28(18-30(39)34-22-9-3-6-12-31(22)41-36(34)35)37(27)25-10-4-1-7-20(25)21-8-2-5-11-26(21)37/h1-18H. The minimum atomic E-state index is -0.490. The van der Waals surface area contributed by atoms with Gasteiger partial charge >= 0.3 is 0 Å². The van der Waals surface area contributed by atoms with E-state index in [1.807, 2.05) is 12.1 Å². The SMILES string of the molecule is Brc1cc2c(c3cc4ccoc4cc13)-c1c(cc(Br)c3c1oc1ccccc13)C21c2ccccc2-c2ccccc21. The maximum Gasteiger partial charge on any atom is 0.144 e. The van der Waals surface area contributed by atoms with Gasteiger partial charge in [0.1, 0.15) is 16.7 Å². The van der Waals surface area contributed by atoms with Crippen LogP contribution in [-0.2, 0) is 5.41 Å². The highest BCUT2D eigenvalue weighted by Gasteiger charge is 2.53. The van der Waals surface area contributed by atoms with Gasteiger partial charge in [-0.05, 0) is 80.7 Å². The molecule has 41 heavy (non-hydrogen) atoms. The van der Waals surface area contributed by atoms with E-state index in [0.29, 0.717) is 0 Å². The number of hydrogen-bond acceptors (Lipinski definition) is 2. The highest BCUT2D eigenvalue weighted by atomic mass is 79.9. The van der Waals surface area contributed by atoms with E-state index in [-0.39, 0.29) is 0 Å². The molecule has 8 aromatic rings. The van der Waals surface area contributed by atoms with E-state index >= 15 is 0 Å². The molecule has 0 N–H and O–H groups in total. The largest absolute Gasteiger partial charge is 0.464 e. The van der Waals surface area contributed by atoms with Crippen molar-refractivity contribution in [1.29, 1.82) is 0 Å². The first-order chi connectivity index (χ1) is 20.2. The van der Waals surface area contributed by atoms with Gasteiger partial charge in [0.2, 0.25) is 0 Å². The van der Waals surface area contributed by atoms with Crippen molar-refractivity contribution in [3.05, 3.63) is 141 Å². The van der Waals surface area contributed by atoms with Crippen LogP contribution in [0.4, 0.5) is 0 Å². The van der Waals surface area contributed by atoms with E-state index in [4.69, 9.17) is 8.83 Å². The number of para-hydroxylation sites is 1. The highest BCUT2D eigenvalue weighted by Crippen LogP contribution is 2.66. The highest BCUT2D eigenvalue weighted by molar-refractivity contribution is 9.11. The first-order valence-corrected chi connectivity index (χ1v) is 15.2. The maximum absolute atomic E-state index is 6.80. The molecule has 2 nitrogen and oxygen atoms in total. The first kappa shape index (κ1) is 22.6. The van der Waals surface area contributed by atoms with E-state index in [1.54, 1.807) is 6.26 Å². The summed E-state index contributed by atoms with van der Waals surface area (Å²) in [4.78, 5) is 0. The van der Waals surface area contributed by atoms with E-state index in [0.717, 1.165) is 47.2 Å². The summed E-state index contributed by atoms with van der Waals surface area (Å²) in [7, 11) is 0. The lowest BCUT2D eigenvalue weighted by Gasteiger charge is -2.31. The molecule has 6 aromatic carbocycles. The van der Waals surface area contributed by atoms with E-state index in [2.05, 4.69) is 123 Å². The topological polar surface area (TPSA) is 26.3 Å². The van der Waals surface area contributed by atoms with Crippen LogP contribution in [0.1, 0.15) is 22.3 Å². The van der Waals surface area contributed by atoms with Crippen LogP contribution in [0.5, 0.6) is 0 Å². The van der Waals surface area contributed by atoms with Crippen LogP contribution in [0.2, 0.25) is 0 Å². The summed E-state index contributed by atoms with van der Waals surface area (Å²) in [6.07, 6.45) is 1.77. The van der Waals surface area contributed by atoms with Crippen molar-refractivity contribution >= 4 is 75.5 Å². The number of furan rings is 2. The van der Waals surface area contributed by atoms with Gasteiger partial charge in [-0.2, -0.15) is 0 Å². The monoisotopic (exact) mass is 652 g/mol. The zero-order valence-electron chi connectivity index (χ0n) is 21.5. The summed E-state index contributed by atoms with van der Waals surface area (Å²) in [6, 6.07) is 37.3. The van der Waals surface area contributed by atoms with Gasteiger partial charge in [-0.3, -0.25) is 0 Å². The van der Waals surface area contributed by atoms with Crippen LogP contribution in [0.3, 0.4) is 0 Å². The number of benzene rings is 6. The lowest BCUT2D eigenvalue weighted by Crippen LogP contribution is -2.26. The molecule has 4 heteroatoms. The Labute approximate surface area is 251 Å². The summed E-state index contributed by atoms with van der Waals surface area (Å²) in [5.41, 5.74) is 12.3. The Balaban J connectivity index is 1.51. The molecule has 0 unspecified atom stereocenters. The Morgan fingerprint density at radius 2 is 1.22 bits per heavy atom. The van der Waals surface area contributed by atoms with Crippen molar-refractivity contribution in [2.24, 2.45) is 0 Å². The lowest BCUT2D eigenvalue weighted by molar-refractivity contribution is 0.616. The summed E-state index contributed by atoms with van der Waals surface area (Å²) < 4.78 is 14.7. The summed E-state index contributed by atoms with van der Waals surface area (Å²) in [5.74, 6) is 0. The Morgan fingerprint density at radius 1 is 0.537 bits per heavy atom. The van der Waals surface area contributed by atoms with Gasteiger partial charge in [0.15, 0.2) is 0 Å². The molecular weight excluding hydrogens is 636 g/mol. The predicted molar refractivity (Wildman–Crippen MR) is 173 cm³/mol. The number of hydrogen-bond donors (Lipinski definition) is 0. The molecule has 0 atom stereocenters. The predicted octanol–water partition coefficient (Wildman–Crippen LogP) is 11.4. The molecule has 0 radical (unpaired) electrons. The second kappa shape index (κ2) is 7.58. The average Bonchev–Trinajstić information content (AvgIpc) is 3.75. The fourth-order valence-electron chi connectivity index (χ4n) is 7.76. The molecule has 2 aliphatic rings. The van der Waals surface area contributed by atoms with E-state index in [9.17, 15) is 0 Å². The average molecular weight is 654 g/mol. The van der Waals surface area contributed by atoms with Gasteiger partial charge in [0.25, 0.3) is 0 Å². The lowest BCUT2D eigenvalue weighted by atomic mass is 9.70. The molecule has 0 saturated heterocycles.